The monoisotopic (exact) mass is 295 g/mol. The maximum Gasteiger partial charge on any atom is 0.0431 e. The molecule has 1 rings (SSSR count). The average Bonchev–Trinajstić information content (AvgIpc) is 2.49. The molecule has 0 amide bonds. The highest BCUT2D eigenvalue weighted by molar-refractivity contribution is 7.99. The van der Waals surface area contributed by atoms with Crippen molar-refractivity contribution >= 4 is 11.8 Å². The summed E-state index contributed by atoms with van der Waals surface area (Å²) < 4.78 is 0. The second-order valence-corrected chi connectivity index (χ2v) is 6.40. The number of hydrogen-bond acceptors (Lipinski definition) is 3. The zero-order valence-corrected chi connectivity index (χ0v) is 13.7. The Morgan fingerprint density at radius 1 is 1.10 bits per heavy atom. The molecule has 0 aliphatic carbocycles. The maximum absolute atomic E-state index is 8.72. The Hall–Kier alpha value is -0.510. The van der Waals surface area contributed by atoms with Gasteiger partial charge in [0.25, 0.3) is 0 Å². The van der Waals surface area contributed by atoms with E-state index in [1.807, 2.05) is 11.8 Å². The van der Waals surface area contributed by atoms with E-state index in [0.717, 1.165) is 19.4 Å². The lowest BCUT2D eigenvalue weighted by atomic mass is 10.1. The predicted molar refractivity (Wildman–Crippen MR) is 89.4 cm³/mol. The van der Waals surface area contributed by atoms with Crippen molar-refractivity contribution in [2.45, 2.75) is 56.9 Å². The number of nitrogens with one attached hydrogen (secondary N) is 1. The molecule has 0 saturated heterocycles. The molecule has 0 aliphatic heterocycles. The summed E-state index contributed by atoms with van der Waals surface area (Å²) in [6.45, 7) is 5.82. The van der Waals surface area contributed by atoms with E-state index >= 15 is 0 Å². The van der Waals surface area contributed by atoms with Gasteiger partial charge in [0.1, 0.15) is 0 Å². The number of unbranched alkanes of at least 4 members (excludes halogenated alkanes) is 3. The highest BCUT2D eigenvalue weighted by atomic mass is 32.2. The lowest BCUT2D eigenvalue weighted by Gasteiger charge is -2.14. The van der Waals surface area contributed by atoms with Crippen LogP contribution < -0.4 is 5.32 Å². The molecule has 0 aliphatic rings. The Morgan fingerprint density at radius 3 is 2.45 bits per heavy atom. The minimum atomic E-state index is 0.332. The molecule has 1 atom stereocenters. The van der Waals surface area contributed by atoms with Crippen molar-refractivity contribution in [2.24, 2.45) is 0 Å². The first-order valence-corrected chi connectivity index (χ1v) is 8.83. The van der Waals surface area contributed by atoms with Gasteiger partial charge in [-0.25, -0.2) is 0 Å². The molecule has 3 heteroatoms. The summed E-state index contributed by atoms with van der Waals surface area (Å²) in [5.74, 6) is 1.18. The first kappa shape index (κ1) is 17.5. The second kappa shape index (κ2) is 11.2. The average molecular weight is 295 g/mol. The van der Waals surface area contributed by atoms with Gasteiger partial charge in [0.05, 0.1) is 0 Å². The molecule has 0 saturated carbocycles. The van der Waals surface area contributed by atoms with Gasteiger partial charge in [-0.1, -0.05) is 31.9 Å². The summed E-state index contributed by atoms with van der Waals surface area (Å²) in [4.78, 5) is 1.36. The number of benzene rings is 1. The normalized spacial score (nSPS) is 12.6. The first-order valence-electron chi connectivity index (χ1n) is 7.85. The second-order valence-electron chi connectivity index (χ2n) is 5.23. The number of aliphatic hydroxyl groups is 1. The van der Waals surface area contributed by atoms with Crippen molar-refractivity contribution in [2.75, 3.05) is 18.9 Å². The van der Waals surface area contributed by atoms with Crippen LogP contribution in [0.3, 0.4) is 0 Å². The maximum atomic E-state index is 8.72. The van der Waals surface area contributed by atoms with E-state index in [9.17, 15) is 0 Å². The van der Waals surface area contributed by atoms with Crippen molar-refractivity contribution in [1.82, 2.24) is 5.32 Å². The van der Waals surface area contributed by atoms with Crippen LogP contribution in [0.2, 0.25) is 0 Å². The molecule has 0 spiro atoms. The Bertz CT molecular complexity index is 339. The fourth-order valence-corrected chi connectivity index (χ4v) is 3.00. The van der Waals surface area contributed by atoms with Crippen LogP contribution in [-0.4, -0.2) is 24.0 Å². The third kappa shape index (κ3) is 7.32. The molecule has 2 N–H and O–H groups in total. The lowest BCUT2D eigenvalue weighted by molar-refractivity contribution is 0.283. The molecule has 0 aromatic heterocycles. The molecular formula is C17H29NOS. The lowest BCUT2D eigenvalue weighted by Crippen LogP contribution is -2.19. The van der Waals surface area contributed by atoms with E-state index < -0.39 is 0 Å². The highest BCUT2D eigenvalue weighted by Crippen LogP contribution is 2.22. The molecule has 1 aromatic rings. The van der Waals surface area contributed by atoms with Crippen LogP contribution in [0.25, 0.3) is 0 Å². The molecule has 1 unspecified atom stereocenters. The van der Waals surface area contributed by atoms with E-state index in [-0.39, 0.29) is 0 Å². The summed E-state index contributed by atoms with van der Waals surface area (Å²) in [6, 6.07) is 9.38. The Kier molecular flexibility index (Phi) is 9.81. The van der Waals surface area contributed by atoms with E-state index in [0.29, 0.717) is 12.6 Å². The van der Waals surface area contributed by atoms with Crippen LogP contribution in [0.4, 0.5) is 0 Å². The van der Waals surface area contributed by atoms with Crippen molar-refractivity contribution in [3.63, 3.8) is 0 Å². The van der Waals surface area contributed by atoms with Crippen LogP contribution >= 0.6 is 11.8 Å². The predicted octanol–water partition coefficient (Wildman–Crippen LogP) is 4.39. The molecular weight excluding hydrogens is 266 g/mol. The van der Waals surface area contributed by atoms with Crippen LogP contribution in [-0.2, 0) is 0 Å². The van der Waals surface area contributed by atoms with Gasteiger partial charge < -0.3 is 10.4 Å². The quantitative estimate of drug-likeness (QED) is 0.469. The summed E-state index contributed by atoms with van der Waals surface area (Å²) in [6.07, 6.45) is 5.73. The third-order valence-electron chi connectivity index (χ3n) is 3.40. The molecule has 2 nitrogen and oxygen atoms in total. The van der Waals surface area contributed by atoms with Crippen molar-refractivity contribution in [1.29, 1.82) is 0 Å². The Morgan fingerprint density at radius 2 is 1.80 bits per heavy atom. The zero-order valence-electron chi connectivity index (χ0n) is 12.9. The molecule has 0 radical (unpaired) electrons. The van der Waals surface area contributed by atoms with Gasteiger partial charge in [0, 0.05) is 17.5 Å². The van der Waals surface area contributed by atoms with Crippen molar-refractivity contribution < 1.29 is 5.11 Å². The van der Waals surface area contributed by atoms with E-state index in [1.165, 1.54) is 35.5 Å². The highest BCUT2D eigenvalue weighted by Gasteiger charge is 2.03. The molecule has 1 aromatic carbocycles. The van der Waals surface area contributed by atoms with E-state index in [4.69, 9.17) is 5.11 Å². The van der Waals surface area contributed by atoms with E-state index in [1.54, 1.807) is 0 Å². The van der Waals surface area contributed by atoms with Crippen LogP contribution in [0.5, 0.6) is 0 Å². The topological polar surface area (TPSA) is 32.3 Å². The van der Waals surface area contributed by atoms with Gasteiger partial charge in [-0.05, 0) is 56.2 Å². The fourth-order valence-electron chi connectivity index (χ4n) is 2.09. The largest absolute Gasteiger partial charge is 0.396 e. The van der Waals surface area contributed by atoms with Gasteiger partial charge in [0.15, 0.2) is 0 Å². The number of hydrogen-bond donors (Lipinski definition) is 2. The van der Waals surface area contributed by atoms with Gasteiger partial charge in [0.2, 0.25) is 0 Å². The Labute approximate surface area is 128 Å². The zero-order chi connectivity index (χ0) is 14.6. The van der Waals surface area contributed by atoms with Gasteiger partial charge in [-0.2, -0.15) is 0 Å². The minimum absolute atomic E-state index is 0.332. The van der Waals surface area contributed by atoms with Crippen molar-refractivity contribution in [3.05, 3.63) is 29.8 Å². The number of rotatable bonds is 11. The van der Waals surface area contributed by atoms with Crippen LogP contribution in [0, 0.1) is 0 Å². The first-order chi connectivity index (χ1) is 9.77. The van der Waals surface area contributed by atoms with Crippen LogP contribution in [0.15, 0.2) is 29.2 Å². The van der Waals surface area contributed by atoms with Gasteiger partial charge in [-0.3, -0.25) is 0 Å². The van der Waals surface area contributed by atoms with Crippen molar-refractivity contribution in [3.8, 4) is 0 Å². The molecule has 114 valence electrons. The van der Waals surface area contributed by atoms with Crippen LogP contribution in [0.1, 0.15) is 57.6 Å². The fraction of sp³-hybridized carbons (Fsp3) is 0.647. The third-order valence-corrected chi connectivity index (χ3v) is 4.50. The number of thioether (sulfide) groups is 1. The Balaban J connectivity index is 2.24. The summed E-state index contributed by atoms with van der Waals surface area (Å²) in [5.41, 5.74) is 1.37. The minimum Gasteiger partial charge on any atom is -0.396 e. The van der Waals surface area contributed by atoms with Gasteiger partial charge in [-0.15, -0.1) is 11.8 Å². The summed E-state index contributed by atoms with van der Waals surface area (Å²) in [5, 5.41) is 12.2. The SMILES string of the molecule is CCCNC(C)c1ccc(SCCCCCCO)cc1. The van der Waals surface area contributed by atoms with Gasteiger partial charge >= 0.3 is 0 Å². The summed E-state index contributed by atoms with van der Waals surface area (Å²) >= 11 is 1.93. The molecule has 0 heterocycles. The number of aliphatic hydroxyl groups excluding tert-OH is 1. The molecule has 0 bridgehead atoms. The molecule has 20 heavy (non-hydrogen) atoms. The molecule has 0 fully saturated rings. The smallest absolute Gasteiger partial charge is 0.0431 e. The standard InChI is InChI=1S/C17H29NOS/c1-3-12-18-15(2)16-8-10-17(11-9-16)20-14-7-5-4-6-13-19/h8-11,15,18-19H,3-7,12-14H2,1-2H3. The van der Waals surface area contributed by atoms with E-state index in [2.05, 4.69) is 43.4 Å². The summed E-state index contributed by atoms with van der Waals surface area (Å²) in [7, 11) is 0.